The van der Waals surface area contributed by atoms with Gasteiger partial charge in [0.2, 0.25) is 0 Å². The first-order valence-corrected chi connectivity index (χ1v) is 10.7. The van der Waals surface area contributed by atoms with Crippen molar-refractivity contribution in [2.45, 2.75) is 68.0 Å². The highest BCUT2D eigenvalue weighted by atomic mass is 28.4. The minimum absolute atomic E-state index is 0.0648. The first-order chi connectivity index (χ1) is 13.8. The Morgan fingerprint density at radius 3 is 1.19 bits per heavy atom. The minimum atomic E-state index is -8.27. The Bertz CT molecular complexity index is 629. The Balaban J connectivity index is 6.25. The number of nitrogens with two attached hydrogens (primary N) is 1. The molecule has 0 amide bonds. The van der Waals surface area contributed by atoms with Crippen LogP contribution < -0.4 is 15.4 Å². The van der Waals surface area contributed by atoms with Crippen molar-refractivity contribution in [2.24, 2.45) is 5.40 Å². The largest absolute Gasteiger partial charge is 0.460 e. The van der Waals surface area contributed by atoms with E-state index in [2.05, 4.69) is 9.96 Å². The molecule has 0 radical (unpaired) electrons. The van der Waals surface area contributed by atoms with Crippen molar-refractivity contribution in [3.05, 3.63) is 0 Å². The zero-order valence-corrected chi connectivity index (χ0v) is 17.1. The molecule has 32 heavy (non-hydrogen) atoms. The third kappa shape index (κ3) is 4.93. The monoisotopic (exact) mass is 529 g/mol. The van der Waals surface area contributed by atoms with Gasteiger partial charge in [0.05, 0.1) is 0 Å². The lowest BCUT2D eigenvalue weighted by Crippen LogP contribution is -2.73. The van der Waals surface area contributed by atoms with Gasteiger partial charge in [-0.05, 0) is 19.1 Å². The summed E-state index contributed by atoms with van der Waals surface area (Å²) in [6, 6.07) is -1.28. The van der Waals surface area contributed by atoms with E-state index in [0.717, 1.165) is 0 Å². The van der Waals surface area contributed by atoms with E-state index in [0.29, 0.717) is 0 Å². The summed E-state index contributed by atoms with van der Waals surface area (Å²) < 4.78 is 197. The molecular formula is C13H18F15N3Si. The zero-order valence-electron chi connectivity index (χ0n) is 16.1. The Labute approximate surface area is 172 Å². The van der Waals surface area contributed by atoms with Crippen molar-refractivity contribution in [2.75, 3.05) is 13.1 Å². The topological polar surface area (TPSA) is 50.1 Å². The second-order valence-corrected chi connectivity index (χ2v) is 9.76. The second kappa shape index (κ2) is 9.01. The molecule has 0 saturated carbocycles. The highest BCUT2D eigenvalue weighted by Gasteiger charge is 2.93. The second-order valence-electron chi connectivity index (χ2n) is 6.61. The van der Waals surface area contributed by atoms with E-state index in [-0.39, 0.29) is 13.1 Å². The summed E-state index contributed by atoms with van der Waals surface area (Å²) in [5, 5.41) is 5.60. The van der Waals surface area contributed by atoms with Crippen LogP contribution in [0.4, 0.5) is 65.9 Å². The average molecular weight is 529 g/mol. The first kappa shape index (κ1) is 31.0. The fourth-order valence-corrected chi connectivity index (χ4v) is 4.83. The van der Waals surface area contributed by atoms with Crippen LogP contribution in [0.5, 0.6) is 0 Å². The maximum atomic E-state index is 13.9. The number of alkyl halides is 15. The van der Waals surface area contributed by atoms with Gasteiger partial charge in [0.25, 0.3) is 8.56 Å². The predicted molar refractivity (Wildman–Crippen MR) is 82.5 cm³/mol. The molecule has 0 atom stereocenters. The van der Waals surface area contributed by atoms with Crippen molar-refractivity contribution in [3.8, 4) is 0 Å². The van der Waals surface area contributed by atoms with Gasteiger partial charge in [-0.3, -0.25) is 0 Å². The van der Waals surface area contributed by atoms with Crippen LogP contribution in [-0.2, 0) is 0 Å². The first-order valence-electron chi connectivity index (χ1n) is 8.45. The van der Waals surface area contributed by atoms with E-state index < -0.39 is 62.7 Å². The van der Waals surface area contributed by atoms with E-state index in [4.69, 9.17) is 5.40 Å². The Morgan fingerprint density at radius 1 is 0.562 bits per heavy atom. The summed E-state index contributed by atoms with van der Waals surface area (Å²) in [6.07, 6.45) is -10.0. The molecule has 0 fully saturated rings. The Kier molecular flexibility index (Phi) is 8.74. The molecule has 3 nitrogen and oxygen atoms in total. The standard InChI is InChI=1S/C13H18F15N3Si/c1-3-30-32(29,31-4-2)6-5-7(14,15)8(16,17)9(18,19)10(20,21)11(22,23)12(24,25)13(26,27)28/h30-31H,3-6,29H2,1-2H3. The van der Waals surface area contributed by atoms with Crippen LogP contribution in [-0.4, -0.2) is 63.4 Å². The molecule has 0 aliphatic carbocycles. The quantitative estimate of drug-likeness (QED) is 0.250. The summed E-state index contributed by atoms with van der Waals surface area (Å²) in [7, 11) is -3.80. The van der Waals surface area contributed by atoms with E-state index in [1.165, 1.54) is 13.8 Å². The molecule has 0 rings (SSSR count). The molecule has 194 valence electrons. The van der Waals surface area contributed by atoms with Gasteiger partial charge in [-0.2, -0.15) is 65.9 Å². The summed E-state index contributed by atoms with van der Waals surface area (Å²) in [4.78, 5) is 4.72. The summed E-state index contributed by atoms with van der Waals surface area (Å²) in [5.41, 5.74) is 0. The summed E-state index contributed by atoms with van der Waals surface area (Å²) in [6.45, 7) is 2.59. The molecule has 0 heterocycles. The predicted octanol–water partition coefficient (Wildman–Crippen LogP) is 4.87. The fourth-order valence-electron chi connectivity index (χ4n) is 2.38. The molecule has 0 bridgehead atoms. The number of hydrogen-bond acceptors (Lipinski definition) is 3. The third-order valence-electron chi connectivity index (χ3n) is 4.21. The van der Waals surface area contributed by atoms with Crippen LogP contribution in [0.25, 0.3) is 0 Å². The van der Waals surface area contributed by atoms with Crippen LogP contribution in [0.15, 0.2) is 0 Å². The van der Waals surface area contributed by atoms with Gasteiger partial charge in [0.15, 0.2) is 0 Å². The van der Waals surface area contributed by atoms with Crippen molar-refractivity contribution < 1.29 is 65.9 Å². The fraction of sp³-hybridized carbons (Fsp3) is 1.00. The number of halogens is 15. The Hall–Kier alpha value is -0.953. The summed E-state index contributed by atoms with van der Waals surface area (Å²) >= 11 is 0. The van der Waals surface area contributed by atoms with Gasteiger partial charge in [-0.15, -0.1) is 0 Å². The van der Waals surface area contributed by atoms with Crippen LogP contribution in [0.2, 0.25) is 6.04 Å². The van der Waals surface area contributed by atoms with Gasteiger partial charge in [-0.1, -0.05) is 13.8 Å². The lowest BCUT2D eigenvalue weighted by Gasteiger charge is -2.42. The minimum Gasteiger partial charge on any atom is -0.327 e. The lowest BCUT2D eigenvalue weighted by atomic mass is 9.90. The van der Waals surface area contributed by atoms with E-state index in [1.807, 2.05) is 0 Å². The van der Waals surface area contributed by atoms with Gasteiger partial charge < -0.3 is 15.4 Å². The van der Waals surface area contributed by atoms with E-state index >= 15 is 0 Å². The molecule has 0 aromatic heterocycles. The van der Waals surface area contributed by atoms with Crippen molar-refractivity contribution >= 4 is 8.56 Å². The number of rotatable bonds is 12. The highest BCUT2D eigenvalue weighted by Crippen LogP contribution is 2.62. The average Bonchev–Trinajstić information content (AvgIpc) is 2.58. The van der Waals surface area contributed by atoms with Crippen molar-refractivity contribution in [3.63, 3.8) is 0 Å². The van der Waals surface area contributed by atoms with Gasteiger partial charge in [0, 0.05) is 6.42 Å². The van der Waals surface area contributed by atoms with E-state index in [9.17, 15) is 65.9 Å². The van der Waals surface area contributed by atoms with Gasteiger partial charge in [-0.25, -0.2) is 0 Å². The molecule has 0 aromatic rings. The molecule has 0 aliphatic heterocycles. The molecule has 0 aliphatic rings. The zero-order chi connectivity index (χ0) is 26.2. The van der Waals surface area contributed by atoms with Crippen LogP contribution in [0.3, 0.4) is 0 Å². The SMILES string of the molecule is CCN[Si](N)(CCC(F)(F)C(F)(F)C(F)(F)C(F)(F)C(F)(F)C(F)(F)C(F)(F)F)NCC. The molecular weight excluding hydrogens is 511 g/mol. The van der Waals surface area contributed by atoms with Crippen molar-refractivity contribution in [1.29, 1.82) is 0 Å². The maximum absolute atomic E-state index is 13.9. The summed E-state index contributed by atoms with van der Waals surface area (Å²) in [5.74, 6) is -46.3. The van der Waals surface area contributed by atoms with Gasteiger partial charge in [0.1, 0.15) is 0 Å². The number of hydrogen-bond donors (Lipinski definition) is 3. The number of nitrogens with one attached hydrogen (secondary N) is 2. The lowest BCUT2D eigenvalue weighted by molar-refractivity contribution is -0.452. The molecule has 0 aromatic carbocycles. The van der Waals surface area contributed by atoms with Crippen molar-refractivity contribution in [1.82, 2.24) is 9.96 Å². The molecule has 0 saturated heterocycles. The maximum Gasteiger partial charge on any atom is 0.460 e. The third-order valence-corrected chi connectivity index (χ3v) is 7.22. The molecule has 19 heteroatoms. The van der Waals surface area contributed by atoms with Gasteiger partial charge >= 0.3 is 41.7 Å². The van der Waals surface area contributed by atoms with Crippen LogP contribution in [0.1, 0.15) is 20.3 Å². The highest BCUT2D eigenvalue weighted by molar-refractivity contribution is 6.71. The molecule has 4 N–H and O–H groups in total. The molecule has 0 spiro atoms. The van der Waals surface area contributed by atoms with E-state index in [1.54, 1.807) is 0 Å². The Morgan fingerprint density at radius 2 is 0.875 bits per heavy atom. The van der Waals surface area contributed by atoms with Crippen LogP contribution >= 0.6 is 0 Å². The normalized spacial score (nSPS) is 15.9. The smallest absolute Gasteiger partial charge is 0.327 e. The van der Waals surface area contributed by atoms with Crippen LogP contribution in [0, 0.1) is 0 Å². The molecule has 0 unspecified atom stereocenters.